The fourth-order valence-electron chi connectivity index (χ4n) is 1.06. The van der Waals surface area contributed by atoms with Gasteiger partial charge in [-0.25, -0.2) is 0 Å². The van der Waals surface area contributed by atoms with Gasteiger partial charge < -0.3 is 9.79 Å². The number of alkyl halides is 2. The highest BCUT2D eigenvalue weighted by Crippen LogP contribution is 2.60. The average Bonchev–Trinajstić information content (AvgIpc) is 2.15. The Morgan fingerprint density at radius 3 is 2.38 bits per heavy atom. The van der Waals surface area contributed by atoms with Gasteiger partial charge in [0.1, 0.15) is 0 Å². The third-order valence-electron chi connectivity index (χ3n) is 1.91. The molecule has 0 aliphatic heterocycles. The maximum absolute atomic E-state index is 13.3. The van der Waals surface area contributed by atoms with Gasteiger partial charge in [0.2, 0.25) is 0 Å². The predicted octanol–water partition coefficient (Wildman–Crippen LogP) is 3.11. The molecular formula is C8H8BrF2O3PS. The van der Waals surface area contributed by atoms with Crippen LogP contribution in [0.4, 0.5) is 8.78 Å². The minimum absolute atomic E-state index is 0.0487. The first-order chi connectivity index (χ1) is 7.20. The van der Waals surface area contributed by atoms with E-state index in [1.165, 1.54) is 12.1 Å². The molecule has 1 aromatic rings. The highest BCUT2D eigenvalue weighted by molar-refractivity contribution is 9.10. The monoisotopic (exact) mass is 332 g/mol. The third kappa shape index (κ3) is 2.65. The molecule has 0 fully saturated rings. The second-order valence-electron chi connectivity index (χ2n) is 3.06. The van der Waals surface area contributed by atoms with Crippen LogP contribution in [0.3, 0.4) is 0 Å². The number of rotatable bonds is 3. The van der Waals surface area contributed by atoms with E-state index in [-0.39, 0.29) is 4.47 Å². The molecule has 16 heavy (non-hydrogen) atoms. The maximum Gasteiger partial charge on any atom is 0.399 e. The van der Waals surface area contributed by atoms with Crippen molar-refractivity contribution in [3.05, 3.63) is 33.8 Å². The van der Waals surface area contributed by atoms with Crippen LogP contribution in [-0.2, 0) is 16.0 Å². The van der Waals surface area contributed by atoms with E-state index in [0.717, 1.165) is 6.07 Å². The van der Waals surface area contributed by atoms with E-state index in [2.05, 4.69) is 28.6 Å². The summed E-state index contributed by atoms with van der Waals surface area (Å²) in [6.07, 6.45) is 0. The van der Waals surface area contributed by atoms with Gasteiger partial charge in [-0.15, -0.1) is 0 Å². The summed E-state index contributed by atoms with van der Waals surface area (Å²) in [4.78, 5) is 17.1. The molecule has 0 aliphatic carbocycles. The van der Waals surface area contributed by atoms with E-state index in [4.69, 9.17) is 9.79 Å². The molecule has 0 aliphatic rings. The highest BCUT2D eigenvalue weighted by Gasteiger charge is 2.51. The summed E-state index contributed by atoms with van der Waals surface area (Å²) >= 11 is 6.82. The van der Waals surface area contributed by atoms with Gasteiger partial charge in [0.25, 0.3) is 0 Å². The van der Waals surface area contributed by atoms with Crippen LogP contribution >= 0.6 is 36.2 Å². The van der Waals surface area contributed by atoms with Crippen LogP contribution in [-0.4, -0.2) is 9.79 Å². The molecule has 90 valence electrons. The summed E-state index contributed by atoms with van der Waals surface area (Å²) in [6.45, 7) is 0. The standard InChI is InChI=1S/C8H8BrF2O3PS/c9-7-3-5(4-16)1-2-6(7)8(10,11)15(12,13)14/h1-3,16H,4H2,(H2,12,13,14). The van der Waals surface area contributed by atoms with Crippen LogP contribution in [0.2, 0.25) is 0 Å². The van der Waals surface area contributed by atoms with Crippen LogP contribution in [0.5, 0.6) is 0 Å². The summed E-state index contributed by atoms with van der Waals surface area (Å²) < 4.78 is 37.3. The van der Waals surface area contributed by atoms with Gasteiger partial charge in [-0.2, -0.15) is 21.4 Å². The van der Waals surface area contributed by atoms with Crippen molar-refractivity contribution in [3.63, 3.8) is 0 Å². The van der Waals surface area contributed by atoms with Gasteiger partial charge in [-0.05, 0) is 11.6 Å². The Kier molecular flexibility index (Phi) is 4.18. The Bertz CT molecular complexity index is 449. The second kappa shape index (κ2) is 4.74. The molecule has 1 aromatic carbocycles. The van der Waals surface area contributed by atoms with Gasteiger partial charge in [0.15, 0.2) is 0 Å². The topological polar surface area (TPSA) is 57.5 Å². The Morgan fingerprint density at radius 1 is 1.44 bits per heavy atom. The lowest BCUT2D eigenvalue weighted by Crippen LogP contribution is -2.14. The zero-order chi connectivity index (χ0) is 12.6. The first kappa shape index (κ1) is 14.1. The fraction of sp³-hybridized carbons (Fsp3) is 0.250. The molecule has 0 aromatic heterocycles. The van der Waals surface area contributed by atoms with Crippen molar-refractivity contribution in [2.45, 2.75) is 11.4 Å². The SMILES string of the molecule is O=P(O)(O)C(F)(F)c1ccc(CS)cc1Br. The van der Waals surface area contributed by atoms with Crippen LogP contribution in [0.25, 0.3) is 0 Å². The molecule has 0 saturated heterocycles. The Morgan fingerprint density at radius 2 is 2.00 bits per heavy atom. The third-order valence-corrected chi connectivity index (χ3v) is 3.90. The maximum atomic E-state index is 13.3. The lowest BCUT2D eigenvalue weighted by Gasteiger charge is -2.19. The van der Waals surface area contributed by atoms with Crippen molar-refractivity contribution in [2.75, 3.05) is 0 Å². The van der Waals surface area contributed by atoms with Gasteiger partial charge in [0.05, 0.1) is 0 Å². The highest BCUT2D eigenvalue weighted by atomic mass is 79.9. The van der Waals surface area contributed by atoms with Crippen molar-refractivity contribution < 1.29 is 23.1 Å². The molecule has 8 heteroatoms. The summed E-state index contributed by atoms with van der Waals surface area (Å²) in [5, 5.41) is 0. The van der Waals surface area contributed by atoms with E-state index in [1.54, 1.807) is 0 Å². The van der Waals surface area contributed by atoms with Gasteiger partial charge in [-0.1, -0.05) is 28.1 Å². The fourth-order valence-corrected chi connectivity index (χ4v) is 2.59. The van der Waals surface area contributed by atoms with Gasteiger partial charge in [-0.3, -0.25) is 4.57 Å². The summed E-state index contributed by atoms with van der Waals surface area (Å²) in [5.41, 5.74) is -4.26. The molecule has 0 heterocycles. The largest absolute Gasteiger partial charge is 0.399 e. The number of hydrogen-bond acceptors (Lipinski definition) is 2. The van der Waals surface area contributed by atoms with Crippen LogP contribution in [0.1, 0.15) is 11.1 Å². The number of halogens is 3. The number of hydrogen-bond donors (Lipinski definition) is 3. The zero-order valence-corrected chi connectivity index (χ0v) is 11.1. The lowest BCUT2D eigenvalue weighted by atomic mass is 10.1. The molecule has 0 radical (unpaired) electrons. The molecule has 2 N–H and O–H groups in total. The molecular weight excluding hydrogens is 325 g/mol. The molecule has 0 unspecified atom stereocenters. The van der Waals surface area contributed by atoms with Crippen LogP contribution in [0.15, 0.2) is 22.7 Å². The van der Waals surface area contributed by atoms with E-state index < -0.39 is 18.8 Å². The molecule has 0 bridgehead atoms. The second-order valence-corrected chi connectivity index (χ2v) is 5.88. The molecule has 0 atom stereocenters. The smallest absolute Gasteiger partial charge is 0.320 e. The summed E-state index contributed by atoms with van der Waals surface area (Å²) in [7, 11) is -5.52. The van der Waals surface area contributed by atoms with Crippen molar-refractivity contribution >= 4 is 36.2 Å². The number of thiol groups is 1. The Labute approximate surface area is 105 Å². The van der Waals surface area contributed by atoms with E-state index >= 15 is 0 Å². The van der Waals surface area contributed by atoms with Crippen molar-refractivity contribution in [3.8, 4) is 0 Å². The lowest BCUT2D eigenvalue weighted by molar-refractivity contribution is 0.0557. The van der Waals surface area contributed by atoms with Crippen LogP contribution < -0.4 is 0 Å². The molecule has 1 rings (SSSR count). The Hall–Kier alpha value is 0.0600. The molecule has 0 spiro atoms. The molecule has 3 nitrogen and oxygen atoms in total. The number of benzene rings is 1. The quantitative estimate of drug-likeness (QED) is 0.589. The van der Waals surface area contributed by atoms with Crippen molar-refractivity contribution in [1.82, 2.24) is 0 Å². The van der Waals surface area contributed by atoms with E-state index in [9.17, 15) is 13.3 Å². The summed E-state index contributed by atoms with van der Waals surface area (Å²) in [6, 6.07) is 3.68. The van der Waals surface area contributed by atoms with Crippen molar-refractivity contribution in [1.29, 1.82) is 0 Å². The minimum atomic E-state index is -5.52. The summed E-state index contributed by atoms with van der Waals surface area (Å²) in [5.74, 6) is 0.348. The average molecular weight is 333 g/mol. The normalized spacial score (nSPS) is 12.9. The van der Waals surface area contributed by atoms with Crippen molar-refractivity contribution in [2.24, 2.45) is 0 Å². The zero-order valence-electron chi connectivity index (χ0n) is 7.77. The molecule has 0 amide bonds. The first-order valence-electron chi connectivity index (χ1n) is 4.03. The van der Waals surface area contributed by atoms with Gasteiger partial charge >= 0.3 is 13.3 Å². The molecule has 0 saturated carbocycles. The van der Waals surface area contributed by atoms with Crippen LogP contribution in [0, 0.1) is 0 Å². The Balaban J connectivity index is 3.30. The first-order valence-corrected chi connectivity index (χ1v) is 7.07. The minimum Gasteiger partial charge on any atom is -0.320 e. The van der Waals surface area contributed by atoms with E-state index in [0.29, 0.717) is 11.3 Å². The predicted molar refractivity (Wildman–Crippen MR) is 62.8 cm³/mol. The van der Waals surface area contributed by atoms with Gasteiger partial charge in [0, 0.05) is 15.8 Å². The van der Waals surface area contributed by atoms with E-state index in [1.807, 2.05) is 0 Å².